The van der Waals surface area contributed by atoms with E-state index >= 15 is 0 Å². The van der Waals surface area contributed by atoms with Gasteiger partial charge >= 0.3 is 0 Å². The lowest BCUT2D eigenvalue weighted by Gasteiger charge is -2.34. The lowest BCUT2D eigenvalue weighted by atomic mass is 10.0. The second-order valence-corrected chi connectivity index (χ2v) is 12.0. The standard InChI is InChI=1S/C23H26NOSi/c1-15-11-12-20-23(22(15)18-13-16(2)17(3)14-24(18)4)26(5,6)21-10-8-7-9-19(21)25-20/h7-14H,1-6H3/q+1/i3D3. The van der Waals surface area contributed by atoms with Gasteiger partial charge in [-0.2, -0.15) is 0 Å². The van der Waals surface area contributed by atoms with Crippen molar-refractivity contribution in [1.82, 2.24) is 0 Å². The number of hydrogen-bond donors (Lipinski definition) is 0. The molecule has 0 atom stereocenters. The van der Waals surface area contributed by atoms with Gasteiger partial charge in [0, 0.05) is 20.9 Å². The third-order valence-electron chi connectivity index (χ3n) is 5.52. The molecule has 4 rings (SSSR count). The van der Waals surface area contributed by atoms with Crippen molar-refractivity contribution in [2.24, 2.45) is 7.05 Å². The fourth-order valence-electron chi connectivity index (χ4n) is 4.05. The summed E-state index contributed by atoms with van der Waals surface area (Å²) in [7, 11) is -0.105. The zero-order valence-corrected chi connectivity index (χ0v) is 17.0. The van der Waals surface area contributed by atoms with Crippen LogP contribution in [0, 0.1) is 20.7 Å². The molecule has 0 saturated heterocycles. The highest BCUT2D eigenvalue weighted by Gasteiger charge is 2.40. The minimum absolute atomic E-state index is 0.393. The van der Waals surface area contributed by atoms with E-state index in [0.29, 0.717) is 5.56 Å². The molecule has 0 spiro atoms. The zero-order valence-electron chi connectivity index (χ0n) is 19.0. The summed E-state index contributed by atoms with van der Waals surface area (Å²) in [6.45, 7) is 6.60. The number of aromatic nitrogens is 1. The van der Waals surface area contributed by atoms with Gasteiger partial charge < -0.3 is 4.74 Å². The molecular formula is C23H26NOSi+. The Morgan fingerprint density at radius 3 is 2.50 bits per heavy atom. The molecule has 1 aliphatic rings. The summed E-state index contributed by atoms with van der Waals surface area (Å²) in [6.07, 6.45) is 1.75. The van der Waals surface area contributed by atoms with E-state index in [0.717, 1.165) is 28.3 Å². The second-order valence-electron chi connectivity index (χ2n) is 7.72. The van der Waals surface area contributed by atoms with Crippen LogP contribution in [-0.4, -0.2) is 8.07 Å². The third-order valence-corrected chi connectivity index (χ3v) is 9.02. The van der Waals surface area contributed by atoms with Gasteiger partial charge in [0.1, 0.15) is 26.6 Å². The number of fused-ring (bicyclic) bond motifs is 2. The summed E-state index contributed by atoms with van der Waals surface area (Å²) in [5.74, 6) is 1.86. The van der Waals surface area contributed by atoms with Crippen LogP contribution in [0.4, 0.5) is 0 Å². The van der Waals surface area contributed by atoms with Crippen LogP contribution in [0.3, 0.4) is 0 Å². The van der Waals surface area contributed by atoms with Crippen molar-refractivity contribution >= 4 is 18.4 Å². The van der Waals surface area contributed by atoms with Crippen molar-refractivity contribution < 1.29 is 13.4 Å². The van der Waals surface area contributed by atoms with Gasteiger partial charge in [-0.15, -0.1) is 0 Å². The zero-order chi connectivity index (χ0) is 21.1. The van der Waals surface area contributed by atoms with Crippen molar-refractivity contribution in [3.8, 4) is 22.8 Å². The molecule has 0 amide bonds. The Kier molecular flexibility index (Phi) is 3.08. The third kappa shape index (κ3) is 2.42. The molecule has 132 valence electrons. The minimum atomic E-state index is -2.12. The van der Waals surface area contributed by atoms with E-state index in [4.69, 9.17) is 8.85 Å². The highest BCUT2D eigenvalue weighted by Crippen LogP contribution is 2.34. The van der Waals surface area contributed by atoms with Gasteiger partial charge in [-0.05, 0) is 49.1 Å². The normalized spacial score (nSPS) is 16.6. The first-order valence-corrected chi connectivity index (χ1v) is 11.9. The monoisotopic (exact) mass is 363 g/mol. The van der Waals surface area contributed by atoms with Crippen LogP contribution in [0.2, 0.25) is 13.1 Å². The van der Waals surface area contributed by atoms with Crippen LogP contribution < -0.4 is 19.7 Å². The van der Waals surface area contributed by atoms with E-state index < -0.39 is 14.9 Å². The van der Waals surface area contributed by atoms with Crippen LogP contribution in [-0.2, 0) is 7.05 Å². The molecule has 0 bridgehead atoms. The lowest BCUT2D eigenvalue weighted by Crippen LogP contribution is -2.57. The first-order valence-electron chi connectivity index (χ1n) is 10.4. The molecule has 26 heavy (non-hydrogen) atoms. The first kappa shape index (κ1) is 13.8. The van der Waals surface area contributed by atoms with E-state index in [-0.39, 0.29) is 0 Å². The molecule has 1 aliphatic heterocycles. The Morgan fingerprint density at radius 1 is 0.962 bits per heavy atom. The van der Waals surface area contributed by atoms with Crippen LogP contribution in [0.15, 0.2) is 48.7 Å². The van der Waals surface area contributed by atoms with Crippen molar-refractivity contribution in [2.45, 2.75) is 33.8 Å². The Morgan fingerprint density at radius 2 is 1.73 bits per heavy atom. The molecular weight excluding hydrogens is 334 g/mol. The van der Waals surface area contributed by atoms with E-state index in [2.05, 4.69) is 44.3 Å². The summed E-state index contributed by atoms with van der Waals surface area (Å²) in [5.41, 5.74) is 4.53. The van der Waals surface area contributed by atoms with Crippen LogP contribution >= 0.6 is 0 Å². The average molecular weight is 364 g/mol. The maximum Gasteiger partial charge on any atom is 0.212 e. The Hall–Kier alpha value is -2.39. The summed E-state index contributed by atoms with van der Waals surface area (Å²) in [4.78, 5) is 0. The summed E-state index contributed by atoms with van der Waals surface area (Å²) in [5, 5.41) is 2.56. The molecule has 0 N–H and O–H groups in total. The highest BCUT2D eigenvalue weighted by molar-refractivity contribution is 7.02. The Bertz CT molecular complexity index is 1140. The van der Waals surface area contributed by atoms with Crippen LogP contribution in [0.1, 0.15) is 20.8 Å². The molecule has 0 aliphatic carbocycles. The molecule has 1 aromatic heterocycles. The fourth-order valence-corrected chi connectivity index (χ4v) is 7.28. The van der Waals surface area contributed by atoms with E-state index in [1.165, 1.54) is 15.9 Å². The van der Waals surface area contributed by atoms with Gasteiger partial charge in [0.2, 0.25) is 5.69 Å². The van der Waals surface area contributed by atoms with Crippen molar-refractivity contribution in [2.75, 3.05) is 0 Å². The first-order chi connectivity index (χ1) is 13.5. The maximum atomic E-state index is 7.83. The summed E-state index contributed by atoms with van der Waals surface area (Å²) >= 11 is 0. The molecule has 2 aromatic carbocycles. The predicted octanol–water partition coefficient (Wildman–Crippen LogP) is 4.03. The molecule has 3 heteroatoms. The van der Waals surface area contributed by atoms with Gasteiger partial charge in [-0.1, -0.05) is 37.4 Å². The number of rotatable bonds is 1. The van der Waals surface area contributed by atoms with Gasteiger partial charge in [-0.3, -0.25) is 0 Å². The van der Waals surface area contributed by atoms with E-state index in [1.54, 1.807) is 6.20 Å². The summed E-state index contributed by atoms with van der Waals surface area (Å²) in [6, 6.07) is 14.5. The smallest absolute Gasteiger partial charge is 0.212 e. The Labute approximate surface area is 161 Å². The number of nitrogens with zero attached hydrogens (tertiary/aromatic N) is 1. The molecule has 0 saturated carbocycles. The van der Waals surface area contributed by atoms with Crippen molar-refractivity contribution in [1.29, 1.82) is 0 Å². The largest absolute Gasteiger partial charge is 0.458 e. The number of hydrogen-bond acceptors (Lipinski definition) is 1. The molecule has 0 fully saturated rings. The van der Waals surface area contributed by atoms with Crippen molar-refractivity contribution in [3.63, 3.8) is 0 Å². The van der Waals surface area contributed by atoms with Crippen LogP contribution in [0.5, 0.6) is 11.5 Å². The number of benzene rings is 2. The molecule has 2 heterocycles. The van der Waals surface area contributed by atoms with E-state index in [1.807, 2.05) is 36.7 Å². The molecule has 3 aromatic rings. The topological polar surface area (TPSA) is 13.1 Å². The Balaban J connectivity index is 2.01. The lowest BCUT2D eigenvalue weighted by molar-refractivity contribution is -0.660. The highest BCUT2D eigenvalue weighted by atomic mass is 28.3. The number of para-hydroxylation sites is 1. The molecule has 0 radical (unpaired) electrons. The fraction of sp³-hybridized carbons (Fsp3) is 0.261. The number of pyridine rings is 1. The summed E-state index contributed by atoms with van der Waals surface area (Å²) < 4.78 is 31.8. The van der Waals surface area contributed by atoms with Gasteiger partial charge in [0.25, 0.3) is 0 Å². The molecule has 0 unspecified atom stereocenters. The van der Waals surface area contributed by atoms with Gasteiger partial charge in [0.15, 0.2) is 6.20 Å². The van der Waals surface area contributed by atoms with Gasteiger partial charge in [-0.25, -0.2) is 4.57 Å². The van der Waals surface area contributed by atoms with Gasteiger partial charge in [0.05, 0.1) is 5.56 Å². The number of ether oxygens (including phenoxy) is 1. The quantitative estimate of drug-likeness (QED) is 0.470. The maximum absolute atomic E-state index is 7.83. The average Bonchev–Trinajstić information content (AvgIpc) is 2.63. The molecule has 2 nitrogen and oxygen atoms in total. The van der Waals surface area contributed by atoms with Crippen molar-refractivity contribution in [3.05, 3.63) is 65.4 Å². The van der Waals surface area contributed by atoms with E-state index in [9.17, 15) is 0 Å². The minimum Gasteiger partial charge on any atom is -0.458 e. The number of aryl methyl sites for hydroxylation is 4. The second kappa shape index (κ2) is 5.81. The predicted molar refractivity (Wildman–Crippen MR) is 111 cm³/mol. The van der Waals surface area contributed by atoms with Crippen LogP contribution in [0.25, 0.3) is 11.3 Å². The SMILES string of the molecule is [2H]C([2H])([2H])c1c[n+](C)c(-c2c(C)ccc3c2[Si](C)(C)c2ccccc2O3)cc1C.